The van der Waals surface area contributed by atoms with Crippen molar-refractivity contribution in [3.8, 4) is 5.75 Å². The molecule has 1 rings (SSSR count). The average molecular weight is 193 g/mol. The van der Waals surface area contributed by atoms with Gasteiger partial charge in [0.2, 0.25) is 0 Å². The first-order valence-corrected chi connectivity index (χ1v) is 5.04. The van der Waals surface area contributed by atoms with Crippen molar-refractivity contribution in [3.05, 3.63) is 28.3 Å². The van der Waals surface area contributed by atoms with Crippen molar-refractivity contribution >= 4 is 0 Å². The number of hydrogen-bond acceptors (Lipinski definition) is 2. The van der Waals surface area contributed by atoms with Crippen LogP contribution in [-0.4, -0.2) is 6.61 Å². The minimum atomic E-state index is 0.602. The van der Waals surface area contributed by atoms with Crippen LogP contribution in [0, 0.1) is 20.8 Å². The number of ether oxygens (including phenoxy) is 1. The maximum Gasteiger partial charge on any atom is 0.122 e. The van der Waals surface area contributed by atoms with E-state index in [4.69, 9.17) is 10.5 Å². The Morgan fingerprint density at radius 1 is 1.21 bits per heavy atom. The summed E-state index contributed by atoms with van der Waals surface area (Å²) in [6.07, 6.45) is 0. The van der Waals surface area contributed by atoms with Crippen LogP contribution in [0.15, 0.2) is 6.07 Å². The van der Waals surface area contributed by atoms with Crippen LogP contribution in [0.2, 0.25) is 0 Å². The Balaban J connectivity index is 3.25. The maximum absolute atomic E-state index is 5.70. The molecule has 0 saturated heterocycles. The van der Waals surface area contributed by atoms with Crippen molar-refractivity contribution in [2.45, 2.75) is 34.2 Å². The topological polar surface area (TPSA) is 35.2 Å². The van der Waals surface area contributed by atoms with Crippen molar-refractivity contribution in [2.75, 3.05) is 6.61 Å². The number of nitrogens with two attached hydrogens (primary N) is 1. The Kier molecular flexibility index (Phi) is 3.53. The Hall–Kier alpha value is -1.02. The van der Waals surface area contributed by atoms with Crippen LogP contribution in [0.5, 0.6) is 5.75 Å². The van der Waals surface area contributed by atoms with Gasteiger partial charge in [-0.15, -0.1) is 0 Å². The molecule has 1 aromatic rings. The van der Waals surface area contributed by atoms with Crippen molar-refractivity contribution in [1.82, 2.24) is 0 Å². The minimum absolute atomic E-state index is 0.602. The normalized spacial score (nSPS) is 10.4. The van der Waals surface area contributed by atoms with E-state index in [0.29, 0.717) is 13.2 Å². The number of hydrogen-bond donors (Lipinski definition) is 1. The monoisotopic (exact) mass is 193 g/mol. The van der Waals surface area contributed by atoms with E-state index in [0.717, 1.165) is 5.75 Å². The molecular weight excluding hydrogens is 174 g/mol. The third kappa shape index (κ3) is 1.90. The highest BCUT2D eigenvalue weighted by molar-refractivity contribution is 5.47. The van der Waals surface area contributed by atoms with Gasteiger partial charge in [-0.25, -0.2) is 0 Å². The first kappa shape index (κ1) is 11.1. The summed E-state index contributed by atoms with van der Waals surface area (Å²) in [5, 5.41) is 0. The van der Waals surface area contributed by atoms with E-state index in [2.05, 4.69) is 26.8 Å². The lowest BCUT2D eigenvalue weighted by molar-refractivity contribution is 0.337. The van der Waals surface area contributed by atoms with Crippen LogP contribution < -0.4 is 10.5 Å². The van der Waals surface area contributed by atoms with E-state index in [-0.39, 0.29) is 0 Å². The second kappa shape index (κ2) is 4.47. The quantitative estimate of drug-likeness (QED) is 0.800. The number of rotatable bonds is 3. The van der Waals surface area contributed by atoms with Crippen LogP contribution in [0.25, 0.3) is 0 Å². The van der Waals surface area contributed by atoms with E-state index in [1.165, 1.54) is 22.3 Å². The molecule has 0 spiro atoms. The highest BCUT2D eigenvalue weighted by atomic mass is 16.5. The zero-order valence-electron chi connectivity index (χ0n) is 9.48. The highest BCUT2D eigenvalue weighted by Gasteiger charge is 2.09. The molecular formula is C12H19NO. The molecule has 0 fully saturated rings. The zero-order valence-corrected chi connectivity index (χ0v) is 9.48. The lowest BCUT2D eigenvalue weighted by Gasteiger charge is -2.15. The standard InChI is InChI=1S/C12H19NO/c1-5-14-12-6-8(2)11(7-13)9(3)10(12)4/h6H,5,7,13H2,1-4H3. The largest absolute Gasteiger partial charge is 0.494 e. The predicted molar refractivity (Wildman–Crippen MR) is 59.7 cm³/mol. The van der Waals surface area contributed by atoms with Gasteiger partial charge in [-0.1, -0.05) is 0 Å². The average Bonchev–Trinajstić information content (AvgIpc) is 2.15. The lowest BCUT2D eigenvalue weighted by atomic mass is 9.97. The van der Waals surface area contributed by atoms with Gasteiger partial charge in [0.1, 0.15) is 5.75 Å². The summed E-state index contributed by atoms with van der Waals surface area (Å²) in [7, 11) is 0. The summed E-state index contributed by atoms with van der Waals surface area (Å²) in [5.41, 5.74) is 10.6. The van der Waals surface area contributed by atoms with E-state index >= 15 is 0 Å². The third-order valence-corrected chi connectivity index (χ3v) is 2.71. The Labute approximate surface area is 86.1 Å². The van der Waals surface area contributed by atoms with Gasteiger partial charge in [-0.3, -0.25) is 0 Å². The molecule has 0 saturated carbocycles. The molecule has 0 amide bonds. The van der Waals surface area contributed by atoms with Crippen LogP contribution in [-0.2, 0) is 6.54 Å². The SMILES string of the molecule is CCOc1cc(C)c(CN)c(C)c1C. The molecule has 0 aliphatic carbocycles. The number of benzene rings is 1. The summed E-state index contributed by atoms with van der Waals surface area (Å²) in [5.74, 6) is 0.986. The third-order valence-electron chi connectivity index (χ3n) is 2.71. The Morgan fingerprint density at radius 3 is 2.36 bits per heavy atom. The molecule has 0 atom stereocenters. The molecule has 0 aromatic heterocycles. The minimum Gasteiger partial charge on any atom is -0.494 e. The predicted octanol–water partition coefficient (Wildman–Crippen LogP) is 2.47. The van der Waals surface area contributed by atoms with E-state index in [1.54, 1.807) is 0 Å². The van der Waals surface area contributed by atoms with Crippen LogP contribution >= 0.6 is 0 Å². The van der Waals surface area contributed by atoms with E-state index in [9.17, 15) is 0 Å². The van der Waals surface area contributed by atoms with Gasteiger partial charge in [0, 0.05) is 6.54 Å². The van der Waals surface area contributed by atoms with Crippen molar-refractivity contribution in [1.29, 1.82) is 0 Å². The summed E-state index contributed by atoms with van der Waals surface area (Å²) in [6, 6.07) is 2.08. The van der Waals surface area contributed by atoms with Crippen LogP contribution in [0.3, 0.4) is 0 Å². The first-order valence-electron chi connectivity index (χ1n) is 5.04. The van der Waals surface area contributed by atoms with Gasteiger partial charge in [0.05, 0.1) is 6.61 Å². The Morgan fingerprint density at radius 2 is 1.86 bits per heavy atom. The van der Waals surface area contributed by atoms with Crippen molar-refractivity contribution < 1.29 is 4.74 Å². The summed E-state index contributed by atoms with van der Waals surface area (Å²) in [6.45, 7) is 9.58. The molecule has 1 aromatic carbocycles. The van der Waals surface area contributed by atoms with Gasteiger partial charge in [-0.2, -0.15) is 0 Å². The van der Waals surface area contributed by atoms with E-state index in [1.807, 2.05) is 6.92 Å². The van der Waals surface area contributed by atoms with Crippen molar-refractivity contribution in [3.63, 3.8) is 0 Å². The van der Waals surface area contributed by atoms with Gasteiger partial charge >= 0.3 is 0 Å². The summed E-state index contributed by atoms with van der Waals surface area (Å²) < 4.78 is 5.56. The maximum atomic E-state index is 5.70. The van der Waals surface area contributed by atoms with Crippen LogP contribution in [0.1, 0.15) is 29.2 Å². The van der Waals surface area contributed by atoms with Gasteiger partial charge in [-0.05, 0) is 56.0 Å². The molecule has 0 radical (unpaired) electrons. The number of aryl methyl sites for hydroxylation is 1. The fourth-order valence-electron chi connectivity index (χ4n) is 1.72. The molecule has 2 nitrogen and oxygen atoms in total. The molecule has 0 heterocycles. The van der Waals surface area contributed by atoms with Gasteiger partial charge < -0.3 is 10.5 Å². The second-order valence-corrected chi connectivity index (χ2v) is 3.56. The molecule has 2 N–H and O–H groups in total. The molecule has 14 heavy (non-hydrogen) atoms. The molecule has 78 valence electrons. The highest BCUT2D eigenvalue weighted by Crippen LogP contribution is 2.27. The molecule has 0 aliphatic rings. The fraction of sp³-hybridized carbons (Fsp3) is 0.500. The van der Waals surface area contributed by atoms with Crippen LogP contribution in [0.4, 0.5) is 0 Å². The molecule has 2 heteroatoms. The first-order chi connectivity index (χ1) is 6.61. The summed E-state index contributed by atoms with van der Waals surface area (Å²) >= 11 is 0. The van der Waals surface area contributed by atoms with Gasteiger partial charge in [0.25, 0.3) is 0 Å². The smallest absolute Gasteiger partial charge is 0.122 e. The zero-order chi connectivity index (χ0) is 10.7. The molecule has 0 bridgehead atoms. The lowest BCUT2D eigenvalue weighted by Crippen LogP contribution is -2.05. The fourth-order valence-corrected chi connectivity index (χ4v) is 1.72. The van der Waals surface area contributed by atoms with Crippen molar-refractivity contribution in [2.24, 2.45) is 5.73 Å². The van der Waals surface area contributed by atoms with E-state index < -0.39 is 0 Å². The Bertz CT molecular complexity index is 332. The summed E-state index contributed by atoms with van der Waals surface area (Å²) in [4.78, 5) is 0. The second-order valence-electron chi connectivity index (χ2n) is 3.56. The molecule has 0 aliphatic heterocycles. The van der Waals surface area contributed by atoms with Gasteiger partial charge in [0.15, 0.2) is 0 Å². The molecule has 0 unspecified atom stereocenters.